The van der Waals surface area contributed by atoms with Gasteiger partial charge in [-0.3, -0.25) is 14.6 Å². The van der Waals surface area contributed by atoms with Crippen LogP contribution in [0.2, 0.25) is 0 Å². The van der Waals surface area contributed by atoms with Crippen LogP contribution in [0, 0.1) is 17.8 Å². The van der Waals surface area contributed by atoms with Crippen molar-refractivity contribution in [1.82, 2.24) is 20.9 Å². The predicted molar refractivity (Wildman–Crippen MR) is 130 cm³/mol. The SMILES string of the molecule is CC(C)C[C@@H](C=O)NC(=O)[C@H](CC(C)C)NC(=O)[C@H](CC(C)C)NC(=O)OCc1cccnc1. The molecule has 1 aromatic heterocycles. The van der Waals surface area contributed by atoms with Gasteiger partial charge < -0.3 is 25.5 Å². The lowest BCUT2D eigenvalue weighted by atomic mass is 9.99. The van der Waals surface area contributed by atoms with Gasteiger partial charge in [-0.2, -0.15) is 0 Å². The summed E-state index contributed by atoms with van der Waals surface area (Å²) in [5.74, 6) is -0.429. The summed E-state index contributed by atoms with van der Waals surface area (Å²) in [5.41, 5.74) is 0.724. The van der Waals surface area contributed by atoms with Gasteiger partial charge in [-0.05, 0) is 43.1 Å². The number of alkyl carbamates (subject to hydrolysis) is 1. The van der Waals surface area contributed by atoms with Crippen LogP contribution < -0.4 is 16.0 Å². The van der Waals surface area contributed by atoms with Crippen LogP contribution in [0.4, 0.5) is 4.79 Å². The molecule has 0 aliphatic rings. The van der Waals surface area contributed by atoms with E-state index in [1.165, 1.54) is 0 Å². The van der Waals surface area contributed by atoms with E-state index in [-0.39, 0.29) is 24.4 Å². The number of hydrogen-bond donors (Lipinski definition) is 3. The van der Waals surface area contributed by atoms with Gasteiger partial charge in [0.1, 0.15) is 25.0 Å². The molecule has 0 fully saturated rings. The van der Waals surface area contributed by atoms with Gasteiger partial charge in [0.25, 0.3) is 0 Å². The highest BCUT2D eigenvalue weighted by Gasteiger charge is 2.29. The van der Waals surface area contributed by atoms with Crippen molar-refractivity contribution in [3.8, 4) is 0 Å². The molecule has 0 aromatic carbocycles. The highest BCUT2D eigenvalue weighted by atomic mass is 16.5. The summed E-state index contributed by atoms with van der Waals surface area (Å²) in [5, 5.41) is 8.11. The third-order valence-electron chi connectivity index (χ3n) is 4.97. The summed E-state index contributed by atoms with van der Waals surface area (Å²) in [6.07, 6.45) is 4.47. The molecule has 0 saturated heterocycles. The molecular weight excluding hydrogens is 436 g/mol. The first kappa shape index (κ1) is 29.1. The van der Waals surface area contributed by atoms with E-state index in [2.05, 4.69) is 20.9 Å². The number of carbonyl (C=O) groups is 4. The molecule has 190 valence electrons. The van der Waals surface area contributed by atoms with Gasteiger partial charge in [0, 0.05) is 18.0 Å². The molecule has 34 heavy (non-hydrogen) atoms. The lowest BCUT2D eigenvalue weighted by Crippen LogP contribution is -2.55. The fraction of sp³-hybridized carbons (Fsp3) is 0.640. The van der Waals surface area contributed by atoms with E-state index in [4.69, 9.17) is 4.74 Å². The van der Waals surface area contributed by atoms with Crippen molar-refractivity contribution >= 4 is 24.2 Å². The Morgan fingerprint density at radius 2 is 1.44 bits per heavy atom. The standard InChI is InChI=1S/C25H40N4O5/c1-16(2)10-20(14-30)27-23(31)21(11-17(3)4)28-24(32)22(12-18(5)6)29-25(33)34-15-19-8-7-9-26-13-19/h7-9,13-14,16-18,20-22H,10-12,15H2,1-6H3,(H,27,31)(H,28,32)(H,29,33)/t20-,21-,22-/m0/s1. The van der Waals surface area contributed by atoms with Crippen LogP contribution in [0.1, 0.15) is 66.4 Å². The van der Waals surface area contributed by atoms with Crippen molar-refractivity contribution in [3.63, 3.8) is 0 Å². The first-order valence-electron chi connectivity index (χ1n) is 11.9. The topological polar surface area (TPSA) is 126 Å². The number of hydrogen-bond acceptors (Lipinski definition) is 6. The number of amides is 3. The van der Waals surface area contributed by atoms with Crippen LogP contribution in [0.25, 0.3) is 0 Å². The van der Waals surface area contributed by atoms with E-state index >= 15 is 0 Å². The van der Waals surface area contributed by atoms with Crippen molar-refractivity contribution in [2.75, 3.05) is 0 Å². The molecule has 0 aliphatic heterocycles. The Morgan fingerprint density at radius 1 is 0.882 bits per heavy atom. The third kappa shape index (κ3) is 11.8. The lowest BCUT2D eigenvalue weighted by Gasteiger charge is -2.26. The second kappa shape index (κ2) is 15.0. The van der Waals surface area contributed by atoms with Crippen LogP contribution in [0.15, 0.2) is 24.5 Å². The monoisotopic (exact) mass is 476 g/mol. The number of nitrogens with one attached hydrogen (secondary N) is 3. The Bertz CT molecular complexity index is 783. The molecule has 3 atom stereocenters. The summed E-state index contributed by atoms with van der Waals surface area (Å²) in [7, 11) is 0. The number of aldehydes is 1. The van der Waals surface area contributed by atoms with E-state index in [1.807, 2.05) is 41.5 Å². The maximum Gasteiger partial charge on any atom is 0.408 e. The van der Waals surface area contributed by atoms with Crippen LogP contribution in [0.3, 0.4) is 0 Å². The molecule has 0 spiro atoms. The second-order valence-corrected chi connectivity index (χ2v) is 9.84. The van der Waals surface area contributed by atoms with Crippen LogP contribution >= 0.6 is 0 Å². The fourth-order valence-corrected chi connectivity index (χ4v) is 3.43. The third-order valence-corrected chi connectivity index (χ3v) is 4.97. The Hall–Kier alpha value is -2.97. The van der Waals surface area contributed by atoms with Crippen LogP contribution in [-0.4, -0.2) is 47.3 Å². The molecule has 0 radical (unpaired) electrons. The molecule has 9 nitrogen and oxygen atoms in total. The van der Waals surface area contributed by atoms with Gasteiger partial charge in [-0.25, -0.2) is 4.79 Å². The average molecular weight is 477 g/mol. The number of pyridine rings is 1. The minimum atomic E-state index is -0.874. The van der Waals surface area contributed by atoms with Gasteiger partial charge in [0.05, 0.1) is 6.04 Å². The van der Waals surface area contributed by atoms with Crippen molar-refractivity contribution in [1.29, 1.82) is 0 Å². The van der Waals surface area contributed by atoms with Crippen LogP contribution in [-0.2, 0) is 25.7 Å². The van der Waals surface area contributed by atoms with Crippen molar-refractivity contribution in [2.45, 2.75) is 85.5 Å². The van der Waals surface area contributed by atoms with E-state index in [0.29, 0.717) is 25.5 Å². The molecule has 0 saturated carbocycles. The van der Waals surface area contributed by atoms with Gasteiger partial charge in [-0.15, -0.1) is 0 Å². The van der Waals surface area contributed by atoms with Crippen molar-refractivity contribution in [2.24, 2.45) is 17.8 Å². The summed E-state index contributed by atoms with van der Waals surface area (Å²) >= 11 is 0. The summed E-state index contributed by atoms with van der Waals surface area (Å²) in [4.78, 5) is 53.7. The highest BCUT2D eigenvalue weighted by molar-refractivity contribution is 5.92. The Kier molecular flexibility index (Phi) is 12.8. The van der Waals surface area contributed by atoms with E-state index in [9.17, 15) is 19.2 Å². The second-order valence-electron chi connectivity index (χ2n) is 9.84. The van der Waals surface area contributed by atoms with E-state index in [1.54, 1.807) is 24.5 Å². The van der Waals surface area contributed by atoms with E-state index in [0.717, 1.165) is 5.56 Å². The largest absolute Gasteiger partial charge is 0.445 e. The number of rotatable bonds is 14. The number of carbonyl (C=O) groups excluding carboxylic acids is 4. The van der Waals surface area contributed by atoms with E-state index < -0.39 is 36.0 Å². The molecule has 1 aromatic rings. The predicted octanol–water partition coefficient (Wildman–Crippen LogP) is 2.98. The van der Waals surface area contributed by atoms with Gasteiger partial charge >= 0.3 is 6.09 Å². The molecule has 1 heterocycles. The van der Waals surface area contributed by atoms with Crippen molar-refractivity contribution in [3.05, 3.63) is 30.1 Å². The lowest BCUT2D eigenvalue weighted by molar-refractivity contribution is -0.131. The minimum Gasteiger partial charge on any atom is -0.445 e. The smallest absolute Gasteiger partial charge is 0.408 e. The first-order chi connectivity index (χ1) is 16.0. The molecule has 1 rings (SSSR count). The summed E-state index contributed by atoms with van der Waals surface area (Å²) in [6, 6.07) is 1.19. The maximum atomic E-state index is 13.1. The highest BCUT2D eigenvalue weighted by Crippen LogP contribution is 2.11. The maximum absolute atomic E-state index is 13.1. The van der Waals surface area contributed by atoms with Gasteiger partial charge in [0.2, 0.25) is 11.8 Å². The Balaban J connectivity index is 2.84. The molecule has 0 bridgehead atoms. The summed E-state index contributed by atoms with van der Waals surface area (Å²) < 4.78 is 5.22. The van der Waals surface area contributed by atoms with Gasteiger partial charge in [-0.1, -0.05) is 47.6 Å². The quantitative estimate of drug-likeness (QED) is 0.354. The molecule has 0 aliphatic carbocycles. The number of ether oxygens (including phenoxy) is 1. The van der Waals surface area contributed by atoms with Crippen molar-refractivity contribution < 1.29 is 23.9 Å². The zero-order valence-electron chi connectivity index (χ0n) is 21.2. The minimum absolute atomic E-state index is 0.0248. The molecule has 3 N–H and O–H groups in total. The summed E-state index contributed by atoms with van der Waals surface area (Å²) in [6.45, 7) is 11.7. The molecule has 9 heteroatoms. The zero-order chi connectivity index (χ0) is 25.7. The first-order valence-corrected chi connectivity index (χ1v) is 11.9. The Labute approximate surface area is 202 Å². The normalized spacial score (nSPS) is 13.8. The number of aromatic nitrogens is 1. The average Bonchev–Trinajstić information content (AvgIpc) is 2.76. The fourth-order valence-electron chi connectivity index (χ4n) is 3.43. The molecule has 0 unspecified atom stereocenters. The molecular formula is C25H40N4O5. The Morgan fingerprint density at radius 3 is 1.94 bits per heavy atom. The number of nitrogens with zero attached hydrogens (tertiary/aromatic N) is 1. The van der Waals surface area contributed by atoms with Gasteiger partial charge in [0.15, 0.2) is 0 Å². The zero-order valence-corrected chi connectivity index (χ0v) is 21.2. The van der Waals surface area contributed by atoms with Crippen LogP contribution in [0.5, 0.6) is 0 Å². The molecule has 3 amide bonds.